The Morgan fingerprint density at radius 2 is 2.00 bits per heavy atom. The summed E-state index contributed by atoms with van der Waals surface area (Å²) >= 11 is 0. The normalized spacial score (nSPS) is 14.7. The van der Waals surface area contributed by atoms with Gasteiger partial charge in [0.25, 0.3) is 0 Å². The summed E-state index contributed by atoms with van der Waals surface area (Å²) < 4.78 is 33.5. The zero-order valence-electron chi connectivity index (χ0n) is 17.1. The highest BCUT2D eigenvalue weighted by Gasteiger charge is 2.24. The molecule has 1 aliphatic heterocycles. The molecule has 3 aromatic rings. The predicted octanol–water partition coefficient (Wildman–Crippen LogP) is 5.53. The molecule has 7 heteroatoms. The Bertz CT molecular complexity index is 1150. The molecule has 0 unspecified atom stereocenters. The fourth-order valence-electron chi connectivity index (χ4n) is 3.55. The number of pyridine rings is 1. The Morgan fingerprint density at radius 3 is 2.70 bits per heavy atom. The number of nitrogens with one attached hydrogen (secondary N) is 1. The number of amides is 1. The standard InChI is InChI=1S/C23H23F2N3O2/c1-23(2,3)30-22(29)28-11-8-14(9-12-28)19-13-17-15(7-10-26-21(17)27-19)16-5-4-6-18(24)20(16)25/h4-8,10,13H,9,11-12H2,1-3H3,(H,26,27). The van der Waals surface area contributed by atoms with Gasteiger partial charge in [0.1, 0.15) is 11.2 Å². The molecule has 0 spiro atoms. The number of H-pyrrole nitrogens is 1. The molecule has 0 atom stereocenters. The number of halogens is 2. The van der Waals surface area contributed by atoms with Crippen LogP contribution in [0.25, 0.3) is 27.7 Å². The minimum atomic E-state index is -0.884. The summed E-state index contributed by atoms with van der Waals surface area (Å²) in [5, 5.41) is 0.715. The number of ether oxygens (including phenoxy) is 1. The summed E-state index contributed by atoms with van der Waals surface area (Å²) in [5.74, 6) is -1.76. The van der Waals surface area contributed by atoms with Crippen molar-refractivity contribution in [3.8, 4) is 11.1 Å². The molecular formula is C23H23F2N3O2. The summed E-state index contributed by atoms with van der Waals surface area (Å²) in [5.41, 5.74) is 2.73. The average molecular weight is 411 g/mol. The van der Waals surface area contributed by atoms with E-state index in [0.717, 1.165) is 17.3 Å². The van der Waals surface area contributed by atoms with Crippen molar-refractivity contribution in [3.05, 3.63) is 59.9 Å². The molecule has 3 heterocycles. The molecule has 5 nitrogen and oxygen atoms in total. The third-order valence-electron chi connectivity index (χ3n) is 4.98. The van der Waals surface area contributed by atoms with Crippen LogP contribution in [-0.4, -0.2) is 39.7 Å². The molecular weight excluding hydrogens is 388 g/mol. The van der Waals surface area contributed by atoms with E-state index in [-0.39, 0.29) is 11.7 Å². The van der Waals surface area contributed by atoms with Crippen molar-refractivity contribution < 1.29 is 18.3 Å². The van der Waals surface area contributed by atoms with Crippen LogP contribution in [0.1, 0.15) is 32.9 Å². The van der Waals surface area contributed by atoms with Crippen LogP contribution in [-0.2, 0) is 4.74 Å². The first kappa shape index (κ1) is 20.1. The SMILES string of the molecule is CC(C)(C)OC(=O)N1CC=C(c2cc3c(-c4cccc(F)c4F)ccnc3[nH]2)CC1. The highest BCUT2D eigenvalue weighted by atomic mass is 19.2. The first-order valence-electron chi connectivity index (χ1n) is 9.82. The summed E-state index contributed by atoms with van der Waals surface area (Å²) in [6.45, 7) is 6.50. The van der Waals surface area contributed by atoms with Crippen molar-refractivity contribution in [2.45, 2.75) is 32.8 Å². The van der Waals surface area contributed by atoms with E-state index in [1.165, 1.54) is 6.07 Å². The maximum atomic E-state index is 14.3. The Kier molecular flexibility index (Phi) is 5.05. The number of carbonyl (C=O) groups is 1. The molecule has 30 heavy (non-hydrogen) atoms. The van der Waals surface area contributed by atoms with Gasteiger partial charge in [-0.2, -0.15) is 0 Å². The lowest BCUT2D eigenvalue weighted by molar-refractivity contribution is 0.0270. The molecule has 0 bridgehead atoms. The molecule has 156 valence electrons. The number of aromatic amines is 1. The lowest BCUT2D eigenvalue weighted by Gasteiger charge is -2.29. The lowest BCUT2D eigenvalue weighted by atomic mass is 10.0. The van der Waals surface area contributed by atoms with Crippen LogP contribution in [0.2, 0.25) is 0 Å². The average Bonchev–Trinajstić information content (AvgIpc) is 3.13. The molecule has 0 saturated heterocycles. The molecule has 1 aromatic carbocycles. The largest absolute Gasteiger partial charge is 0.444 e. The monoisotopic (exact) mass is 411 g/mol. The molecule has 1 aliphatic rings. The van der Waals surface area contributed by atoms with Crippen LogP contribution >= 0.6 is 0 Å². The van der Waals surface area contributed by atoms with Gasteiger partial charge >= 0.3 is 6.09 Å². The van der Waals surface area contributed by atoms with Gasteiger partial charge in [0.05, 0.1) is 0 Å². The number of hydrogen-bond acceptors (Lipinski definition) is 3. The van der Waals surface area contributed by atoms with Crippen LogP contribution in [0.5, 0.6) is 0 Å². The fourth-order valence-corrected chi connectivity index (χ4v) is 3.55. The van der Waals surface area contributed by atoms with E-state index in [1.54, 1.807) is 23.2 Å². The van der Waals surface area contributed by atoms with Crippen molar-refractivity contribution in [1.29, 1.82) is 0 Å². The van der Waals surface area contributed by atoms with E-state index in [0.29, 0.717) is 36.1 Å². The topological polar surface area (TPSA) is 58.2 Å². The molecule has 1 amide bonds. The van der Waals surface area contributed by atoms with E-state index >= 15 is 0 Å². The number of benzene rings is 1. The second kappa shape index (κ2) is 7.55. The molecule has 0 aliphatic carbocycles. The smallest absolute Gasteiger partial charge is 0.410 e. The minimum absolute atomic E-state index is 0.196. The first-order valence-corrected chi connectivity index (χ1v) is 9.82. The van der Waals surface area contributed by atoms with Gasteiger partial charge in [0.15, 0.2) is 11.6 Å². The van der Waals surface area contributed by atoms with Crippen LogP contribution in [0, 0.1) is 11.6 Å². The minimum Gasteiger partial charge on any atom is -0.444 e. The van der Waals surface area contributed by atoms with Crippen molar-refractivity contribution in [2.75, 3.05) is 13.1 Å². The van der Waals surface area contributed by atoms with Gasteiger partial charge in [-0.05, 0) is 56.5 Å². The van der Waals surface area contributed by atoms with Gasteiger partial charge in [0.2, 0.25) is 0 Å². The zero-order valence-corrected chi connectivity index (χ0v) is 17.1. The van der Waals surface area contributed by atoms with Crippen LogP contribution in [0.15, 0.2) is 42.6 Å². The first-order chi connectivity index (χ1) is 14.2. The zero-order chi connectivity index (χ0) is 21.5. The Morgan fingerprint density at radius 1 is 1.20 bits per heavy atom. The molecule has 0 radical (unpaired) electrons. The summed E-state index contributed by atoms with van der Waals surface area (Å²) in [6, 6.07) is 7.72. The lowest BCUT2D eigenvalue weighted by Crippen LogP contribution is -2.39. The van der Waals surface area contributed by atoms with E-state index < -0.39 is 17.2 Å². The maximum Gasteiger partial charge on any atom is 0.410 e. The Hall–Kier alpha value is -3.22. The Labute approximate surface area is 173 Å². The van der Waals surface area contributed by atoms with E-state index in [1.807, 2.05) is 32.9 Å². The quantitative estimate of drug-likeness (QED) is 0.603. The second-order valence-corrected chi connectivity index (χ2v) is 8.31. The van der Waals surface area contributed by atoms with Gasteiger partial charge in [-0.15, -0.1) is 0 Å². The number of carbonyl (C=O) groups excluding carboxylic acids is 1. The van der Waals surface area contributed by atoms with Crippen LogP contribution in [0.3, 0.4) is 0 Å². The molecule has 2 aromatic heterocycles. The number of rotatable bonds is 2. The molecule has 0 saturated carbocycles. The van der Waals surface area contributed by atoms with Crippen molar-refractivity contribution in [1.82, 2.24) is 14.9 Å². The highest BCUT2D eigenvalue weighted by Crippen LogP contribution is 2.33. The highest BCUT2D eigenvalue weighted by molar-refractivity contribution is 5.95. The maximum absolute atomic E-state index is 14.3. The third-order valence-corrected chi connectivity index (χ3v) is 4.98. The summed E-state index contributed by atoms with van der Waals surface area (Å²) in [6.07, 6.45) is 3.86. The molecule has 1 N–H and O–H groups in total. The van der Waals surface area contributed by atoms with E-state index in [9.17, 15) is 13.6 Å². The number of nitrogens with zero attached hydrogens (tertiary/aromatic N) is 2. The van der Waals surface area contributed by atoms with Crippen molar-refractivity contribution in [3.63, 3.8) is 0 Å². The molecule has 0 fully saturated rings. The summed E-state index contributed by atoms with van der Waals surface area (Å²) in [7, 11) is 0. The fraction of sp³-hybridized carbons (Fsp3) is 0.304. The van der Waals surface area contributed by atoms with Gasteiger partial charge in [-0.3, -0.25) is 0 Å². The number of hydrogen-bond donors (Lipinski definition) is 1. The van der Waals surface area contributed by atoms with Crippen molar-refractivity contribution >= 4 is 22.7 Å². The van der Waals surface area contributed by atoms with E-state index in [2.05, 4.69) is 9.97 Å². The third kappa shape index (κ3) is 3.92. The predicted molar refractivity (Wildman–Crippen MR) is 112 cm³/mol. The van der Waals surface area contributed by atoms with Gasteiger partial charge in [-0.1, -0.05) is 18.2 Å². The summed E-state index contributed by atoms with van der Waals surface area (Å²) in [4.78, 5) is 21.5. The van der Waals surface area contributed by atoms with Gasteiger partial charge in [0, 0.05) is 35.9 Å². The Balaban J connectivity index is 1.63. The van der Waals surface area contributed by atoms with Crippen molar-refractivity contribution in [2.24, 2.45) is 0 Å². The second-order valence-electron chi connectivity index (χ2n) is 8.31. The van der Waals surface area contributed by atoms with E-state index in [4.69, 9.17) is 4.74 Å². The van der Waals surface area contributed by atoms with Gasteiger partial charge in [-0.25, -0.2) is 18.6 Å². The molecule has 4 rings (SSSR count). The van der Waals surface area contributed by atoms with Crippen LogP contribution < -0.4 is 0 Å². The number of fused-ring (bicyclic) bond motifs is 1. The van der Waals surface area contributed by atoms with Gasteiger partial charge < -0.3 is 14.6 Å². The number of aromatic nitrogens is 2. The van der Waals surface area contributed by atoms with Crippen LogP contribution in [0.4, 0.5) is 13.6 Å².